The van der Waals surface area contributed by atoms with E-state index in [1.165, 1.54) is 0 Å². The Morgan fingerprint density at radius 2 is 1.61 bits per heavy atom. The van der Waals surface area contributed by atoms with Crippen molar-refractivity contribution < 1.29 is 9.59 Å². The molecule has 2 aliphatic rings. The predicted octanol–water partition coefficient (Wildman–Crippen LogP) is 4.81. The van der Waals surface area contributed by atoms with Gasteiger partial charge in [0.1, 0.15) is 0 Å². The summed E-state index contributed by atoms with van der Waals surface area (Å²) in [6.45, 7) is 2.57. The van der Waals surface area contributed by atoms with Gasteiger partial charge in [0.05, 0.1) is 17.4 Å². The molecule has 1 unspecified atom stereocenters. The van der Waals surface area contributed by atoms with Crippen LogP contribution >= 0.6 is 0 Å². The maximum absolute atomic E-state index is 13.3. The largest absolute Gasteiger partial charge is 0.327 e. The second-order valence-corrected chi connectivity index (χ2v) is 8.14. The molecule has 1 atom stereocenters. The average Bonchev–Trinajstić information content (AvgIpc) is 3.35. The molecule has 6 nitrogen and oxygen atoms in total. The van der Waals surface area contributed by atoms with Crippen LogP contribution in [-0.2, 0) is 0 Å². The second kappa shape index (κ2) is 8.74. The summed E-state index contributed by atoms with van der Waals surface area (Å²) in [5.41, 5.74) is 5.72. The summed E-state index contributed by atoms with van der Waals surface area (Å²) in [6.07, 6.45) is 0.883. The Balaban J connectivity index is 1.42. The summed E-state index contributed by atoms with van der Waals surface area (Å²) in [6, 6.07) is 26.3. The van der Waals surface area contributed by atoms with E-state index in [1.54, 1.807) is 19.1 Å². The first kappa shape index (κ1) is 20.7. The average molecular weight is 437 g/mol. The van der Waals surface area contributed by atoms with Crippen molar-refractivity contribution in [2.24, 2.45) is 5.10 Å². The van der Waals surface area contributed by atoms with E-state index in [9.17, 15) is 9.59 Å². The Hall–Kier alpha value is -4.19. The highest BCUT2D eigenvalue weighted by Gasteiger charge is 2.31. The first-order valence-electron chi connectivity index (χ1n) is 11.0. The lowest BCUT2D eigenvalue weighted by atomic mass is 9.89. The fourth-order valence-electron chi connectivity index (χ4n) is 4.31. The standard InChI is InChI=1S/C27H24N4O2/c1-18-24(26(32)21-10-6-3-7-11-21)25(29-27(33)28-18)20-12-14-22(15-13-20)31-17-16-23(30-31)19-8-4-2-5-9-19/h2-15,25H,16-17H2,1H3,(H2,28,29,33). The number of rotatable bonds is 5. The third kappa shape index (κ3) is 4.15. The van der Waals surface area contributed by atoms with Gasteiger partial charge in [0.25, 0.3) is 0 Å². The number of carbonyl (C=O) groups excluding carboxylic acids is 2. The number of carbonyl (C=O) groups is 2. The van der Waals surface area contributed by atoms with E-state index in [2.05, 4.69) is 22.8 Å². The number of allylic oxidation sites excluding steroid dienone is 1. The number of hydrazone groups is 1. The molecule has 0 aromatic heterocycles. The third-order valence-corrected chi connectivity index (χ3v) is 5.98. The summed E-state index contributed by atoms with van der Waals surface area (Å²) >= 11 is 0. The lowest BCUT2D eigenvalue weighted by Gasteiger charge is -2.29. The fourth-order valence-corrected chi connectivity index (χ4v) is 4.31. The number of urea groups is 1. The normalized spacial score (nSPS) is 18.0. The van der Waals surface area contributed by atoms with Crippen LogP contribution in [0.1, 0.15) is 40.9 Å². The van der Waals surface area contributed by atoms with E-state index >= 15 is 0 Å². The molecule has 164 valence electrons. The van der Waals surface area contributed by atoms with Gasteiger partial charge in [0.2, 0.25) is 0 Å². The number of hydrogen-bond donors (Lipinski definition) is 2. The van der Waals surface area contributed by atoms with Crippen molar-refractivity contribution in [3.8, 4) is 0 Å². The molecule has 0 aliphatic carbocycles. The van der Waals surface area contributed by atoms with Crippen molar-refractivity contribution in [2.45, 2.75) is 19.4 Å². The summed E-state index contributed by atoms with van der Waals surface area (Å²) < 4.78 is 0. The molecule has 0 spiro atoms. The van der Waals surface area contributed by atoms with Crippen LogP contribution in [0.3, 0.4) is 0 Å². The predicted molar refractivity (Wildman–Crippen MR) is 129 cm³/mol. The zero-order valence-corrected chi connectivity index (χ0v) is 18.3. The van der Waals surface area contributed by atoms with Gasteiger partial charge in [-0.05, 0) is 30.2 Å². The first-order chi connectivity index (χ1) is 16.1. The first-order valence-corrected chi connectivity index (χ1v) is 11.0. The van der Waals surface area contributed by atoms with Crippen LogP contribution in [0.5, 0.6) is 0 Å². The molecule has 33 heavy (non-hydrogen) atoms. The Morgan fingerprint density at radius 1 is 0.939 bits per heavy atom. The molecular weight excluding hydrogens is 412 g/mol. The smallest absolute Gasteiger partial charge is 0.319 e. The van der Waals surface area contributed by atoms with Crippen molar-refractivity contribution in [3.05, 3.63) is 113 Å². The van der Waals surface area contributed by atoms with Gasteiger partial charge in [-0.15, -0.1) is 0 Å². The fraction of sp³-hybridized carbons (Fsp3) is 0.148. The lowest BCUT2D eigenvalue weighted by molar-refractivity contribution is 0.102. The molecule has 0 saturated heterocycles. The van der Waals surface area contributed by atoms with Gasteiger partial charge in [-0.25, -0.2) is 4.79 Å². The van der Waals surface area contributed by atoms with Crippen LogP contribution in [0.4, 0.5) is 10.5 Å². The van der Waals surface area contributed by atoms with Crippen LogP contribution in [0.25, 0.3) is 0 Å². The third-order valence-electron chi connectivity index (χ3n) is 5.98. The van der Waals surface area contributed by atoms with Gasteiger partial charge in [0, 0.05) is 29.8 Å². The van der Waals surface area contributed by atoms with Gasteiger partial charge in [-0.1, -0.05) is 72.8 Å². The molecule has 5 rings (SSSR count). The minimum Gasteiger partial charge on any atom is -0.327 e. The van der Waals surface area contributed by atoms with Gasteiger partial charge in [0.15, 0.2) is 5.78 Å². The van der Waals surface area contributed by atoms with Crippen LogP contribution in [0, 0.1) is 0 Å². The molecule has 2 heterocycles. The highest BCUT2D eigenvalue weighted by molar-refractivity contribution is 6.11. The Kier molecular flexibility index (Phi) is 5.48. The number of hydrogen-bond acceptors (Lipinski definition) is 4. The van der Waals surface area contributed by atoms with Gasteiger partial charge in [-0.3, -0.25) is 9.80 Å². The van der Waals surface area contributed by atoms with E-state index in [0.717, 1.165) is 35.5 Å². The SMILES string of the molecule is CC1=C(C(=O)c2ccccc2)C(c2ccc(N3CCC(c4ccccc4)=N3)cc2)NC(=O)N1. The number of anilines is 1. The maximum atomic E-state index is 13.3. The monoisotopic (exact) mass is 436 g/mol. The molecule has 2 aliphatic heterocycles. The van der Waals surface area contributed by atoms with E-state index in [4.69, 9.17) is 5.10 Å². The highest BCUT2D eigenvalue weighted by atomic mass is 16.2. The highest BCUT2D eigenvalue weighted by Crippen LogP contribution is 2.31. The number of ketones is 1. The lowest BCUT2D eigenvalue weighted by Crippen LogP contribution is -2.45. The Bertz CT molecular complexity index is 1250. The van der Waals surface area contributed by atoms with Crippen LogP contribution in [0.15, 0.2) is 101 Å². The van der Waals surface area contributed by atoms with Gasteiger partial charge >= 0.3 is 6.03 Å². The molecule has 2 N–H and O–H groups in total. The quantitative estimate of drug-likeness (QED) is 0.564. The summed E-state index contributed by atoms with van der Waals surface area (Å²) in [5.74, 6) is -0.105. The zero-order chi connectivity index (χ0) is 22.8. The summed E-state index contributed by atoms with van der Waals surface area (Å²) in [5, 5.41) is 12.4. The van der Waals surface area contributed by atoms with Crippen LogP contribution < -0.4 is 15.6 Å². The molecule has 0 bridgehead atoms. The molecule has 6 heteroatoms. The molecule has 0 saturated carbocycles. The van der Waals surface area contributed by atoms with E-state index in [-0.39, 0.29) is 11.8 Å². The number of benzene rings is 3. The van der Waals surface area contributed by atoms with Crippen molar-refractivity contribution in [3.63, 3.8) is 0 Å². The van der Waals surface area contributed by atoms with Crippen LogP contribution in [0.2, 0.25) is 0 Å². The summed E-state index contributed by atoms with van der Waals surface area (Å²) in [4.78, 5) is 25.5. The molecule has 3 aromatic rings. The Labute approximate surface area is 192 Å². The van der Waals surface area contributed by atoms with Crippen molar-refractivity contribution in [2.75, 3.05) is 11.6 Å². The van der Waals surface area contributed by atoms with E-state index in [1.807, 2.05) is 65.7 Å². The van der Waals surface area contributed by atoms with Crippen molar-refractivity contribution in [1.82, 2.24) is 10.6 Å². The number of nitrogens with one attached hydrogen (secondary N) is 2. The second-order valence-electron chi connectivity index (χ2n) is 8.14. The van der Waals surface area contributed by atoms with Crippen molar-refractivity contribution >= 4 is 23.2 Å². The van der Waals surface area contributed by atoms with E-state index < -0.39 is 6.04 Å². The Morgan fingerprint density at radius 3 is 2.30 bits per heavy atom. The number of nitrogens with zero attached hydrogens (tertiary/aromatic N) is 2. The molecule has 2 amide bonds. The van der Waals surface area contributed by atoms with Gasteiger partial charge < -0.3 is 10.6 Å². The van der Waals surface area contributed by atoms with Crippen LogP contribution in [-0.4, -0.2) is 24.1 Å². The zero-order valence-electron chi connectivity index (χ0n) is 18.3. The molecule has 3 aromatic carbocycles. The number of amides is 2. The minimum absolute atomic E-state index is 0.105. The topological polar surface area (TPSA) is 73.8 Å². The number of Topliss-reactive ketones (excluding diaryl/α,β-unsaturated/α-hetero) is 1. The molecule has 0 radical (unpaired) electrons. The van der Waals surface area contributed by atoms with Gasteiger partial charge in [-0.2, -0.15) is 5.10 Å². The van der Waals surface area contributed by atoms with E-state index in [0.29, 0.717) is 16.8 Å². The summed E-state index contributed by atoms with van der Waals surface area (Å²) in [7, 11) is 0. The maximum Gasteiger partial charge on any atom is 0.319 e. The molecule has 0 fully saturated rings. The molecular formula is C27H24N4O2. The van der Waals surface area contributed by atoms with Crippen molar-refractivity contribution in [1.29, 1.82) is 0 Å². The minimum atomic E-state index is -0.525.